The third-order valence-corrected chi connectivity index (χ3v) is 5.14. The van der Waals surface area contributed by atoms with Crippen LogP contribution in [0.1, 0.15) is 31.9 Å². The van der Waals surface area contributed by atoms with Gasteiger partial charge in [-0.05, 0) is 31.9 Å². The molecule has 1 unspecified atom stereocenters. The van der Waals surface area contributed by atoms with Gasteiger partial charge < -0.3 is 14.4 Å². The summed E-state index contributed by atoms with van der Waals surface area (Å²) in [6.45, 7) is 5.05. The van der Waals surface area contributed by atoms with E-state index in [9.17, 15) is 9.36 Å². The van der Waals surface area contributed by atoms with Gasteiger partial charge in [0.05, 0.1) is 18.9 Å². The number of aliphatic hydroxyl groups excluding tert-OH is 1. The fraction of sp³-hybridized carbons (Fsp3) is 0.533. The molecule has 0 aliphatic heterocycles. The Morgan fingerprint density at radius 2 is 1.77 bits per heavy atom. The lowest BCUT2D eigenvalue weighted by Gasteiger charge is -2.22. The molecule has 7 heteroatoms. The molecule has 0 saturated carbocycles. The molecule has 1 rings (SSSR count). The van der Waals surface area contributed by atoms with Crippen LogP contribution in [-0.4, -0.2) is 30.3 Å². The first-order valence-corrected chi connectivity index (χ1v) is 8.92. The summed E-state index contributed by atoms with van der Waals surface area (Å²) in [6.07, 6.45) is -0.0844. The van der Waals surface area contributed by atoms with Crippen molar-refractivity contribution < 1.29 is 23.7 Å². The number of carbonyl (C=O) groups is 1. The Balaban J connectivity index is 2.74. The topological polar surface area (TPSA) is 84.9 Å². The van der Waals surface area contributed by atoms with Crippen molar-refractivity contribution in [2.75, 3.05) is 7.11 Å². The van der Waals surface area contributed by atoms with E-state index in [0.29, 0.717) is 0 Å². The zero-order valence-corrected chi connectivity index (χ0v) is 14.3. The molecular weight excluding hydrogens is 305 g/mol. The van der Waals surface area contributed by atoms with Gasteiger partial charge in [-0.15, -0.1) is 0 Å². The highest BCUT2D eigenvalue weighted by atomic mass is 31.2. The monoisotopic (exact) mass is 329 g/mol. The molecule has 0 spiro atoms. The predicted octanol–water partition coefficient (Wildman–Crippen LogP) is 2.45. The summed E-state index contributed by atoms with van der Waals surface area (Å²) in [4.78, 5) is 11.8. The van der Waals surface area contributed by atoms with Crippen LogP contribution in [-0.2, 0) is 31.4 Å². The van der Waals surface area contributed by atoms with E-state index in [-0.39, 0.29) is 18.9 Å². The van der Waals surface area contributed by atoms with E-state index in [0.717, 1.165) is 11.1 Å². The zero-order chi connectivity index (χ0) is 16.8. The minimum atomic E-state index is -3.21. The highest BCUT2D eigenvalue weighted by Gasteiger charge is 2.28. The second kappa shape index (κ2) is 8.44. The molecule has 22 heavy (non-hydrogen) atoms. The van der Waals surface area contributed by atoms with Crippen molar-refractivity contribution >= 4 is 13.5 Å². The number of hydrogen-bond acceptors (Lipinski definition) is 5. The quantitative estimate of drug-likeness (QED) is 0.563. The van der Waals surface area contributed by atoms with Crippen molar-refractivity contribution in [1.29, 1.82) is 0 Å². The average Bonchev–Trinajstić information content (AvgIpc) is 2.47. The largest absolute Gasteiger partial charge is 0.462 e. The van der Waals surface area contributed by atoms with Crippen molar-refractivity contribution in [2.24, 2.45) is 0 Å². The summed E-state index contributed by atoms with van der Waals surface area (Å²) in [6, 6.07) is 6.33. The van der Waals surface area contributed by atoms with Gasteiger partial charge in [0.25, 0.3) is 7.52 Å². The number of esters is 1. The van der Waals surface area contributed by atoms with Gasteiger partial charge in [0.1, 0.15) is 6.04 Å². The van der Waals surface area contributed by atoms with Gasteiger partial charge in [-0.25, -0.2) is 5.09 Å². The summed E-state index contributed by atoms with van der Waals surface area (Å²) in [7, 11) is -1.87. The highest BCUT2D eigenvalue weighted by Crippen LogP contribution is 2.45. The number of nitrogens with one attached hydrogen (secondary N) is 1. The Morgan fingerprint density at radius 3 is 2.23 bits per heavy atom. The maximum atomic E-state index is 12.7. The number of aliphatic hydroxyl groups is 1. The molecule has 124 valence electrons. The Labute approximate surface area is 131 Å². The van der Waals surface area contributed by atoms with Crippen LogP contribution in [0.15, 0.2) is 24.3 Å². The fourth-order valence-corrected chi connectivity index (χ4v) is 3.55. The molecule has 1 aromatic rings. The van der Waals surface area contributed by atoms with Gasteiger partial charge in [0.15, 0.2) is 0 Å². The van der Waals surface area contributed by atoms with Crippen LogP contribution in [0.4, 0.5) is 0 Å². The maximum Gasteiger partial charge on any atom is 0.323 e. The number of ether oxygens (including phenoxy) is 1. The minimum Gasteiger partial charge on any atom is -0.462 e. The van der Waals surface area contributed by atoms with E-state index in [1.807, 2.05) is 0 Å². The lowest BCUT2D eigenvalue weighted by Crippen LogP contribution is -2.35. The van der Waals surface area contributed by atoms with E-state index in [1.54, 1.807) is 45.0 Å². The van der Waals surface area contributed by atoms with Crippen LogP contribution in [0.5, 0.6) is 0 Å². The third kappa shape index (κ3) is 5.89. The Bertz CT molecular complexity index is 529. The van der Waals surface area contributed by atoms with Crippen LogP contribution in [0, 0.1) is 0 Å². The fourth-order valence-electron chi connectivity index (χ4n) is 1.84. The lowest BCUT2D eigenvalue weighted by molar-refractivity contribution is -0.149. The molecule has 0 aromatic heterocycles. The molecule has 0 aliphatic carbocycles. The van der Waals surface area contributed by atoms with Crippen LogP contribution < -0.4 is 5.09 Å². The second-order valence-electron chi connectivity index (χ2n) is 5.33. The predicted molar refractivity (Wildman–Crippen MR) is 84.5 cm³/mol. The van der Waals surface area contributed by atoms with Gasteiger partial charge in [-0.1, -0.05) is 24.3 Å². The van der Waals surface area contributed by atoms with E-state index in [2.05, 4.69) is 5.09 Å². The molecule has 0 aliphatic rings. The Morgan fingerprint density at radius 1 is 1.23 bits per heavy atom. The standard InChI is InChI=1S/C15H24NO5P/c1-11(2)21-15(18)12(3)16-22(19,20-4)10-14-7-5-13(9-17)6-8-14/h5-8,11-12,17H,9-10H2,1-4H3,(H,16,19)/t12-,22?/m0/s1. The Kier molecular flexibility index (Phi) is 7.23. The molecule has 6 nitrogen and oxygen atoms in total. The number of carbonyl (C=O) groups excluding carboxylic acids is 1. The third-order valence-electron chi connectivity index (χ3n) is 2.99. The van der Waals surface area contributed by atoms with Crippen LogP contribution >= 0.6 is 7.52 Å². The van der Waals surface area contributed by atoms with Crippen LogP contribution in [0.2, 0.25) is 0 Å². The molecule has 0 fully saturated rings. The Hall–Kier alpha value is -1.20. The van der Waals surface area contributed by atoms with Crippen LogP contribution in [0.25, 0.3) is 0 Å². The van der Waals surface area contributed by atoms with Gasteiger partial charge >= 0.3 is 5.97 Å². The maximum absolute atomic E-state index is 12.7. The SMILES string of the molecule is COP(=O)(Cc1ccc(CO)cc1)N[C@@H](C)C(=O)OC(C)C. The van der Waals surface area contributed by atoms with Crippen molar-refractivity contribution in [2.45, 2.75) is 45.7 Å². The molecule has 0 radical (unpaired) electrons. The van der Waals surface area contributed by atoms with Gasteiger partial charge in [-0.2, -0.15) is 0 Å². The summed E-state index contributed by atoms with van der Waals surface area (Å²) >= 11 is 0. The lowest BCUT2D eigenvalue weighted by atomic mass is 10.2. The van der Waals surface area contributed by atoms with E-state index in [1.165, 1.54) is 7.11 Å². The molecule has 2 N–H and O–H groups in total. The zero-order valence-electron chi connectivity index (χ0n) is 13.4. The van der Waals surface area contributed by atoms with E-state index >= 15 is 0 Å². The summed E-state index contributed by atoms with van der Waals surface area (Å²) in [5.41, 5.74) is 1.57. The normalized spacial score (nSPS) is 15.4. The summed E-state index contributed by atoms with van der Waals surface area (Å²) < 4.78 is 22.9. The number of rotatable bonds is 8. The molecular formula is C15H24NO5P. The first-order valence-electron chi connectivity index (χ1n) is 7.11. The summed E-state index contributed by atoms with van der Waals surface area (Å²) in [5, 5.41) is 11.8. The minimum absolute atomic E-state index is 0.0431. The highest BCUT2D eigenvalue weighted by molar-refractivity contribution is 7.56. The molecule has 0 bridgehead atoms. The average molecular weight is 329 g/mol. The number of benzene rings is 1. The molecule has 2 atom stereocenters. The van der Waals surface area contributed by atoms with Gasteiger partial charge in [0, 0.05) is 7.11 Å². The van der Waals surface area contributed by atoms with Gasteiger partial charge in [0.2, 0.25) is 0 Å². The second-order valence-corrected chi connectivity index (χ2v) is 7.61. The summed E-state index contributed by atoms with van der Waals surface area (Å²) in [5.74, 6) is -0.470. The smallest absolute Gasteiger partial charge is 0.323 e. The molecule has 0 saturated heterocycles. The van der Waals surface area contributed by atoms with Gasteiger partial charge in [-0.3, -0.25) is 9.36 Å². The van der Waals surface area contributed by atoms with E-state index in [4.69, 9.17) is 14.4 Å². The number of hydrogen-bond donors (Lipinski definition) is 2. The molecule has 0 amide bonds. The van der Waals surface area contributed by atoms with Crippen molar-refractivity contribution in [3.05, 3.63) is 35.4 Å². The molecule has 1 aromatic carbocycles. The van der Waals surface area contributed by atoms with Crippen molar-refractivity contribution in [3.8, 4) is 0 Å². The van der Waals surface area contributed by atoms with Crippen molar-refractivity contribution in [1.82, 2.24) is 5.09 Å². The molecule has 0 heterocycles. The van der Waals surface area contributed by atoms with Crippen molar-refractivity contribution in [3.63, 3.8) is 0 Å². The van der Waals surface area contributed by atoms with E-state index < -0.39 is 19.5 Å². The first-order chi connectivity index (χ1) is 10.3. The first kappa shape index (κ1) is 18.8. The van der Waals surface area contributed by atoms with Crippen LogP contribution in [0.3, 0.4) is 0 Å².